The number of likely N-dealkylation sites (N-methyl/N-ethyl adjacent to an activating group) is 1. The van der Waals surface area contributed by atoms with Gasteiger partial charge in [-0.05, 0) is 33.2 Å². The van der Waals surface area contributed by atoms with E-state index in [0.29, 0.717) is 0 Å². The van der Waals surface area contributed by atoms with Gasteiger partial charge >= 0.3 is 0 Å². The van der Waals surface area contributed by atoms with Gasteiger partial charge in [-0.2, -0.15) is 0 Å². The Bertz CT molecular complexity index is 216. The molecule has 1 saturated carbocycles. The minimum absolute atomic E-state index is 0.0841. The van der Waals surface area contributed by atoms with Crippen LogP contribution in [0.2, 0.25) is 0 Å². The van der Waals surface area contributed by atoms with Gasteiger partial charge in [0.1, 0.15) is 0 Å². The fourth-order valence-electron chi connectivity index (χ4n) is 1.65. The van der Waals surface area contributed by atoms with Gasteiger partial charge in [0.15, 0.2) is 0 Å². The molecule has 16 heavy (non-hydrogen) atoms. The molecule has 94 valence electrons. The summed E-state index contributed by atoms with van der Waals surface area (Å²) >= 11 is 0. The second-order valence-electron chi connectivity index (χ2n) is 4.68. The number of rotatable bonds is 8. The van der Waals surface area contributed by atoms with Crippen LogP contribution in [0.1, 0.15) is 33.1 Å². The van der Waals surface area contributed by atoms with Crippen molar-refractivity contribution in [1.29, 1.82) is 0 Å². The summed E-state index contributed by atoms with van der Waals surface area (Å²) in [5.74, 6) is 0.107. The molecule has 1 aliphatic carbocycles. The molecule has 1 unspecified atom stereocenters. The number of amides is 1. The summed E-state index contributed by atoms with van der Waals surface area (Å²) < 4.78 is 0. The van der Waals surface area contributed by atoms with Crippen molar-refractivity contribution < 1.29 is 4.79 Å². The monoisotopic (exact) mass is 227 g/mol. The highest BCUT2D eigenvalue weighted by molar-refractivity contribution is 5.81. The number of carbonyl (C=O) groups excluding carboxylic acids is 1. The van der Waals surface area contributed by atoms with Gasteiger partial charge in [0.05, 0.1) is 6.04 Å². The summed E-state index contributed by atoms with van der Waals surface area (Å²) in [6.07, 6.45) is 3.66. The zero-order valence-corrected chi connectivity index (χ0v) is 10.8. The molecule has 1 fully saturated rings. The van der Waals surface area contributed by atoms with Crippen LogP contribution >= 0.6 is 0 Å². The van der Waals surface area contributed by atoms with Crippen LogP contribution in [0, 0.1) is 0 Å². The van der Waals surface area contributed by atoms with Crippen molar-refractivity contribution in [3.05, 3.63) is 0 Å². The first-order valence-electron chi connectivity index (χ1n) is 6.36. The summed E-state index contributed by atoms with van der Waals surface area (Å²) in [5.41, 5.74) is 0. The molecular formula is C12H25N3O. The third-order valence-corrected chi connectivity index (χ3v) is 3.03. The summed E-state index contributed by atoms with van der Waals surface area (Å²) in [7, 11) is 2.15. The fourth-order valence-corrected chi connectivity index (χ4v) is 1.65. The summed E-state index contributed by atoms with van der Waals surface area (Å²) in [4.78, 5) is 13.9. The Kier molecular flexibility index (Phi) is 5.77. The Morgan fingerprint density at radius 2 is 2.12 bits per heavy atom. The quantitative estimate of drug-likeness (QED) is 0.638. The highest BCUT2D eigenvalue weighted by Crippen LogP contribution is 2.24. The van der Waals surface area contributed by atoms with Gasteiger partial charge in [0.25, 0.3) is 0 Å². The molecule has 2 N–H and O–H groups in total. The lowest BCUT2D eigenvalue weighted by atomic mass is 10.3. The van der Waals surface area contributed by atoms with Gasteiger partial charge in [-0.1, -0.05) is 6.92 Å². The third-order valence-electron chi connectivity index (χ3n) is 3.03. The third kappa shape index (κ3) is 4.94. The van der Waals surface area contributed by atoms with E-state index in [1.165, 1.54) is 12.8 Å². The van der Waals surface area contributed by atoms with Gasteiger partial charge < -0.3 is 15.5 Å². The van der Waals surface area contributed by atoms with Crippen molar-refractivity contribution in [1.82, 2.24) is 15.5 Å². The number of hydrogen-bond acceptors (Lipinski definition) is 3. The number of hydrogen-bond donors (Lipinski definition) is 2. The van der Waals surface area contributed by atoms with Gasteiger partial charge in [-0.25, -0.2) is 0 Å². The second-order valence-corrected chi connectivity index (χ2v) is 4.68. The molecule has 0 spiro atoms. The minimum atomic E-state index is -0.0841. The van der Waals surface area contributed by atoms with E-state index in [2.05, 4.69) is 29.5 Å². The first kappa shape index (κ1) is 13.5. The van der Waals surface area contributed by atoms with E-state index in [0.717, 1.165) is 32.1 Å². The molecule has 0 bridgehead atoms. The van der Waals surface area contributed by atoms with E-state index in [9.17, 15) is 4.79 Å². The van der Waals surface area contributed by atoms with Crippen molar-refractivity contribution in [2.45, 2.75) is 45.2 Å². The molecule has 0 aromatic rings. The number of carbonyl (C=O) groups is 1. The maximum Gasteiger partial charge on any atom is 0.236 e. The van der Waals surface area contributed by atoms with Crippen LogP contribution in [0.25, 0.3) is 0 Å². The largest absolute Gasteiger partial charge is 0.355 e. The lowest BCUT2D eigenvalue weighted by molar-refractivity contribution is -0.122. The molecule has 4 heteroatoms. The van der Waals surface area contributed by atoms with Crippen molar-refractivity contribution >= 4 is 5.91 Å². The van der Waals surface area contributed by atoms with Crippen LogP contribution in [-0.4, -0.2) is 49.6 Å². The maximum absolute atomic E-state index is 11.5. The zero-order chi connectivity index (χ0) is 12.0. The zero-order valence-electron chi connectivity index (χ0n) is 10.8. The lowest BCUT2D eigenvalue weighted by Gasteiger charge is -2.18. The van der Waals surface area contributed by atoms with Crippen molar-refractivity contribution in [2.75, 3.05) is 26.7 Å². The number of nitrogens with zero attached hydrogens (tertiary/aromatic N) is 1. The molecular weight excluding hydrogens is 202 g/mol. The Morgan fingerprint density at radius 1 is 1.44 bits per heavy atom. The summed E-state index contributed by atoms with van der Waals surface area (Å²) in [5, 5.41) is 6.14. The summed E-state index contributed by atoms with van der Waals surface area (Å²) in [6, 6.07) is 0.713. The Balaban J connectivity index is 2.04. The average Bonchev–Trinajstić information content (AvgIpc) is 3.09. The molecule has 0 radical (unpaired) electrons. The smallest absolute Gasteiger partial charge is 0.236 e. The van der Waals surface area contributed by atoms with Crippen LogP contribution in [0.3, 0.4) is 0 Å². The van der Waals surface area contributed by atoms with E-state index in [-0.39, 0.29) is 11.9 Å². The van der Waals surface area contributed by atoms with Crippen LogP contribution in [0.15, 0.2) is 0 Å². The normalized spacial score (nSPS) is 17.5. The van der Waals surface area contributed by atoms with E-state index in [1.807, 2.05) is 6.92 Å². The SMILES string of the molecule is CCCNC(=O)C(C)NCCN(C)C1CC1. The van der Waals surface area contributed by atoms with Gasteiger partial charge in [-0.15, -0.1) is 0 Å². The first-order valence-corrected chi connectivity index (χ1v) is 6.36. The van der Waals surface area contributed by atoms with Crippen LogP contribution in [0.5, 0.6) is 0 Å². The van der Waals surface area contributed by atoms with Gasteiger partial charge in [0, 0.05) is 25.7 Å². The summed E-state index contributed by atoms with van der Waals surface area (Å²) in [6.45, 7) is 6.65. The molecule has 0 aromatic carbocycles. The van der Waals surface area contributed by atoms with Crippen molar-refractivity contribution in [3.63, 3.8) is 0 Å². The van der Waals surface area contributed by atoms with E-state index < -0.39 is 0 Å². The molecule has 1 amide bonds. The maximum atomic E-state index is 11.5. The predicted octanol–water partition coefficient (Wildman–Crippen LogP) is 0.585. The van der Waals surface area contributed by atoms with Crippen LogP contribution < -0.4 is 10.6 Å². The molecule has 0 heterocycles. The Labute approximate surface area is 98.8 Å². The predicted molar refractivity (Wildman–Crippen MR) is 66.4 cm³/mol. The highest BCUT2D eigenvalue weighted by atomic mass is 16.2. The molecule has 1 aliphatic rings. The average molecular weight is 227 g/mol. The number of nitrogens with one attached hydrogen (secondary N) is 2. The van der Waals surface area contributed by atoms with E-state index in [1.54, 1.807) is 0 Å². The van der Waals surface area contributed by atoms with Crippen LogP contribution in [0.4, 0.5) is 0 Å². The van der Waals surface area contributed by atoms with E-state index >= 15 is 0 Å². The highest BCUT2D eigenvalue weighted by Gasteiger charge is 2.25. The molecule has 1 rings (SSSR count). The van der Waals surface area contributed by atoms with Crippen molar-refractivity contribution in [2.24, 2.45) is 0 Å². The van der Waals surface area contributed by atoms with Gasteiger partial charge in [0.2, 0.25) is 5.91 Å². The second kappa shape index (κ2) is 6.86. The fraction of sp³-hybridized carbons (Fsp3) is 0.917. The molecule has 0 aromatic heterocycles. The van der Waals surface area contributed by atoms with Crippen LogP contribution in [-0.2, 0) is 4.79 Å². The molecule has 1 atom stereocenters. The molecule has 4 nitrogen and oxygen atoms in total. The van der Waals surface area contributed by atoms with Crippen molar-refractivity contribution in [3.8, 4) is 0 Å². The Morgan fingerprint density at radius 3 is 2.69 bits per heavy atom. The van der Waals surface area contributed by atoms with E-state index in [4.69, 9.17) is 0 Å². The Hall–Kier alpha value is -0.610. The minimum Gasteiger partial charge on any atom is -0.355 e. The molecule has 0 saturated heterocycles. The lowest BCUT2D eigenvalue weighted by Crippen LogP contribution is -2.44. The standard InChI is InChI=1S/C12H25N3O/c1-4-7-14-12(16)10(2)13-8-9-15(3)11-5-6-11/h10-11,13H,4-9H2,1-3H3,(H,14,16). The first-order chi connectivity index (χ1) is 7.65. The van der Waals surface area contributed by atoms with Gasteiger partial charge in [-0.3, -0.25) is 4.79 Å². The topological polar surface area (TPSA) is 44.4 Å². The molecule has 0 aliphatic heterocycles.